The third-order valence-corrected chi connectivity index (χ3v) is 6.58. The third kappa shape index (κ3) is 5.60. The predicted molar refractivity (Wildman–Crippen MR) is 126 cm³/mol. The first-order valence-electron chi connectivity index (χ1n) is 9.90. The van der Waals surface area contributed by atoms with Crippen molar-refractivity contribution in [2.45, 2.75) is 18.7 Å². The minimum absolute atomic E-state index is 0.0487. The maximum atomic E-state index is 13.4. The molecule has 0 radical (unpaired) electrons. The van der Waals surface area contributed by atoms with Crippen LogP contribution in [-0.2, 0) is 14.8 Å². The molecule has 0 bridgehead atoms. The molecule has 170 valence electrons. The average Bonchev–Trinajstić information content (AvgIpc) is 2.78. The first kappa shape index (κ1) is 23.6. The molecule has 33 heavy (non-hydrogen) atoms. The Morgan fingerprint density at radius 2 is 1.67 bits per heavy atom. The normalized spacial score (nSPS) is 11.3. The fourth-order valence-electron chi connectivity index (χ4n) is 3.08. The number of para-hydroxylation sites is 2. The van der Waals surface area contributed by atoms with Gasteiger partial charge in [0.05, 0.1) is 27.3 Å². The summed E-state index contributed by atoms with van der Waals surface area (Å²) in [5.74, 6) is -0.705. The Morgan fingerprint density at radius 3 is 2.33 bits per heavy atom. The molecule has 0 atom stereocenters. The average molecular weight is 467 g/mol. The van der Waals surface area contributed by atoms with E-state index in [4.69, 9.17) is 0 Å². The van der Waals surface area contributed by atoms with Crippen LogP contribution in [0.4, 0.5) is 11.4 Å². The number of hydrogen-bond acceptors (Lipinski definition) is 6. The van der Waals surface area contributed by atoms with Crippen LogP contribution < -0.4 is 9.73 Å². The molecule has 1 N–H and O–H groups in total. The Hall–Kier alpha value is -4.05. The first-order chi connectivity index (χ1) is 15.7. The lowest BCUT2D eigenvalue weighted by Crippen LogP contribution is -2.40. The highest BCUT2D eigenvalue weighted by molar-refractivity contribution is 7.92. The highest BCUT2D eigenvalue weighted by atomic mass is 32.2. The molecule has 0 unspecified atom stereocenters. The van der Waals surface area contributed by atoms with Crippen molar-refractivity contribution < 1.29 is 18.1 Å². The number of carbonyl (C=O) groups excluding carboxylic acids is 1. The van der Waals surface area contributed by atoms with Gasteiger partial charge in [0, 0.05) is 6.07 Å². The quantitative estimate of drug-likeness (QED) is 0.309. The number of anilines is 1. The van der Waals surface area contributed by atoms with E-state index in [-0.39, 0.29) is 16.1 Å². The molecular weight excluding hydrogens is 444 g/mol. The van der Waals surface area contributed by atoms with Gasteiger partial charge >= 0.3 is 0 Å². The van der Waals surface area contributed by atoms with Gasteiger partial charge < -0.3 is 0 Å². The third-order valence-electron chi connectivity index (χ3n) is 4.81. The molecule has 9 nitrogen and oxygen atoms in total. The van der Waals surface area contributed by atoms with Gasteiger partial charge in [-0.15, -0.1) is 0 Å². The summed E-state index contributed by atoms with van der Waals surface area (Å²) in [6.07, 6.45) is 1.14. The van der Waals surface area contributed by atoms with Crippen LogP contribution in [0.15, 0.2) is 82.8 Å². The van der Waals surface area contributed by atoms with Crippen LogP contribution in [0.25, 0.3) is 0 Å². The van der Waals surface area contributed by atoms with Gasteiger partial charge in [0.25, 0.3) is 21.6 Å². The molecule has 10 heteroatoms. The molecule has 0 saturated carbocycles. The zero-order valence-electron chi connectivity index (χ0n) is 18.0. The number of amides is 1. The molecule has 0 heterocycles. The Kier molecular flexibility index (Phi) is 7.19. The molecule has 0 aliphatic carbocycles. The molecule has 0 fully saturated rings. The molecule has 3 aromatic carbocycles. The summed E-state index contributed by atoms with van der Waals surface area (Å²) < 4.78 is 27.8. The predicted octanol–water partition coefficient (Wildman–Crippen LogP) is 3.56. The van der Waals surface area contributed by atoms with Gasteiger partial charge in [0.15, 0.2) is 0 Å². The van der Waals surface area contributed by atoms with E-state index in [0.717, 1.165) is 16.1 Å². The molecule has 3 rings (SSSR count). The molecule has 1 amide bonds. The molecule has 0 saturated heterocycles. The first-order valence-corrected chi connectivity index (χ1v) is 11.3. The summed E-state index contributed by atoms with van der Waals surface area (Å²) in [6, 6.07) is 19.1. The number of benzene rings is 3. The van der Waals surface area contributed by atoms with E-state index in [0.29, 0.717) is 11.3 Å². The minimum Gasteiger partial charge on any atom is -0.271 e. The lowest BCUT2D eigenvalue weighted by molar-refractivity contribution is -0.385. The van der Waals surface area contributed by atoms with Crippen LogP contribution in [0, 0.1) is 24.0 Å². The van der Waals surface area contributed by atoms with E-state index in [1.54, 1.807) is 49.4 Å². The summed E-state index contributed by atoms with van der Waals surface area (Å²) in [6.45, 7) is 3.06. The van der Waals surface area contributed by atoms with E-state index < -0.39 is 27.4 Å². The second kappa shape index (κ2) is 10.0. The zero-order valence-corrected chi connectivity index (χ0v) is 18.8. The second-order valence-corrected chi connectivity index (χ2v) is 9.08. The van der Waals surface area contributed by atoms with Gasteiger partial charge in [-0.25, -0.2) is 13.8 Å². The van der Waals surface area contributed by atoms with Gasteiger partial charge in [-0.2, -0.15) is 5.10 Å². The van der Waals surface area contributed by atoms with E-state index in [2.05, 4.69) is 10.5 Å². The SMILES string of the molecule is Cc1ccc(S(=O)(=O)N(CC(=O)N/N=C\c2ccccc2[N+](=O)[O-])c2ccccc2C)cc1. The van der Waals surface area contributed by atoms with Crippen molar-refractivity contribution in [2.75, 3.05) is 10.8 Å². The standard InChI is InChI=1S/C23H22N4O5S/c1-17-11-13-20(14-12-17)33(31,32)26(21-9-5-3-7-18(21)2)16-23(28)25-24-15-19-8-4-6-10-22(19)27(29)30/h3-15H,16H2,1-2H3,(H,25,28)/b24-15-. The topological polar surface area (TPSA) is 122 Å². The highest BCUT2D eigenvalue weighted by Gasteiger charge is 2.28. The molecule has 0 aromatic heterocycles. The Labute approximate surface area is 191 Å². The number of rotatable bonds is 8. The second-order valence-electron chi connectivity index (χ2n) is 7.22. The Morgan fingerprint density at radius 1 is 1.03 bits per heavy atom. The van der Waals surface area contributed by atoms with Crippen LogP contribution in [-0.4, -0.2) is 32.0 Å². The Balaban J connectivity index is 1.87. The number of nitro groups is 1. The van der Waals surface area contributed by atoms with Crippen molar-refractivity contribution in [1.29, 1.82) is 0 Å². The molecule has 3 aromatic rings. The number of nitrogens with zero attached hydrogens (tertiary/aromatic N) is 3. The maximum Gasteiger partial charge on any atom is 0.278 e. The van der Waals surface area contributed by atoms with E-state index in [1.807, 2.05) is 6.92 Å². The van der Waals surface area contributed by atoms with Gasteiger partial charge in [0.2, 0.25) is 0 Å². The van der Waals surface area contributed by atoms with Crippen molar-refractivity contribution in [3.63, 3.8) is 0 Å². The molecule has 0 aliphatic heterocycles. The van der Waals surface area contributed by atoms with Gasteiger partial charge in [-0.1, -0.05) is 48.0 Å². The molecule has 0 aliphatic rings. The van der Waals surface area contributed by atoms with Crippen LogP contribution in [0.5, 0.6) is 0 Å². The number of hydrazone groups is 1. The minimum atomic E-state index is -4.05. The van der Waals surface area contributed by atoms with Crippen molar-refractivity contribution >= 4 is 33.5 Å². The fraction of sp³-hybridized carbons (Fsp3) is 0.130. The van der Waals surface area contributed by atoms with Crippen molar-refractivity contribution in [3.8, 4) is 0 Å². The van der Waals surface area contributed by atoms with Crippen molar-refractivity contribution in [2.24, 2.45) is 5.10 Å². The van der Waals surface area contributed by atoms with Crippen LogP contribution in [0.3, 0.4) is 0 Å². The van der Waals surface area contributed by atoms with Crippen LogP contribution in [0.1, 0.15) is 16.7 Å². The van der Waals surface area contributed by atoms with E-state index in [1.165, 1.54) is 30.3 Å². The van der Waals surface area contributed by atoms with Crippen LogP contribution >= 0.6 is 0 Å². The van der Waals surface area contributed by atoms with Gasteiger partial charge in [-0.3, -0.25) is 19.2 Å². The van der Waals surface area contributed by atoms with Gasteiger partial charge in [0.1, 0.15) is 6.54 Å². The number of aryl methyl sites for hydroxylation is 2. The van der Waals surface area contributed by atoms with Crippen molar-refractivity contribution in [3.05, 3.63) is 99.6 Å². The summed E-state index contributed by atoms with van der Waals surface area (Å²) in [4.78, 5) is 23.2. The fourth-order valence-corrected chi connectivity index (χ4v) is 4.57. The van der Waals surface area contributed by atoms with Gasteiger partial charge in [-0.05, 0) is 43.7 Å². The monoisotopic (exact) mass is 466 g/mol. The molecular formula is C23H22N4O5S. The van der Waals surface area contributed by atoms with E-state index >= 15 is 0 Å². The smallest absolute Gasteiger partial charge is 0.271 e. The number of nitrogens with one attached hydrogen (secondary N) is 1. The summed E-state index contributed by atoms with van der Waals surface area (Å²) in [7, 11) is -4.05. The lowest BCUT2D eigenvalue weighted by Gasteiger charge is -2.25. The zero-order chi connectivity index (χ0) is 24.0. The number of hydrogen-bond donors (Lipinski definition) is 1. The summed E-state index contributed by atoms with van der Waals surface area (Å²) in [5.41, 5.74) is 4.21. The van der Waals surface area contributed by atoms with E-state index in [9.17, 15) is 23.3 Å². The highest BCUT2D eigenvalue weighted by Crippen LogP contribution is 2.26. The largest absolute Gasteiger partial charge is 0.278 e. The summed E-state index contributed by atoms with van der Waals surface area (Å²) >= 11 is 0. The Bertz CT molecular complexity index is 1300. The summed E-state index contributed by atoms with van der Waals surface area (Å²) in [5, 5.41) is 14.9. The number of sulfonamides is 1. The number of nitro benzene ring substituents is 1. The maximum absolute atomic E-state index is 13.4. The van der Waals surface area contributed by atoms with Crippen LogP contribution in [0.2, 0.25) is 0 Å². The lowest BCUT2D eigenvalue weighted by atomic mass is 10.2. The number of carbonyl (C=O) groups is 1. The van der Waals surface area contributed by atoms with Crippen molar-refractivity contribution in [1.82, 2.24) is 5.43 Å². The molecule has 0 spiro atoms.